The normalized spacial score (nSPS) is 10.5. The van der Waals surface area contributed by atoms with Crippen molar-refractivity contribution >= 4 is 39.3 Å². The van der Waals surface area contributed by atoms with Crippen LogP contribution in [0.25, 0.3) is 0 Å². The van der Waals surface area contributed by atoms with Crippen LogP contribution in [0.3, 0.4) is 0 Å². The Balaban J connectivity index is 2.27. The first-order chi connectivity index (χ1) is 8.97. The average molecular weight is 347 g/mol. The molecule has 4 nitrogen and oxygen atoms in total. The SMILES string of the molecule is CC(=O)Nc1nn(Cc2c(F)cccc2Cl)cc1Br. The molecular weight excluding hydrogens is 337 g/mol. The summed E-state index contributed by atoms with van der Waals surface area (Å²) in [5.74, 6) is -0.227. The van der Waals surface area contributed by atoms with Gasteiger partial charge in [0.15, 0.2) is 5.82 Å². The molecule has 100 valence electrons. The standard InChI is InChI=1S/C12H10BrClFN3O/c1-7(19)16-12-9(13)6-18(17-12)5-8-10(14)3-2-4-11(8)15/h2-4,6H,5H2,1H3,(H,16,17,19). The van der Waals surface area contributed by atoms with Gasteiger partial charge in [-0.3, -0.25) is 9.48 Å². The zero-order valence-electron chi connectivity index (χ0n) is 9.95. The van der Waals surface area contributed by atoms with Crippen molar-refractivity contribution in [1.82, 2.24) is 9.78 Å². The number of anilines is 1. The second kappa shape index (κ2) is 5.71. The van der Waals surface area contributed by atoms with Crippen LogP contribution in [0.4, 0.5) is 10.2 Å². The van der Waals surface area contributed by atoms with E-state index in [1.54, 1.807) is 18.3 Å². The van der Waals surface area contributed by atoms with Gasteiger partial charge in [-0.2, -0.15) is 5.10 Å². The Morgan fingerprint density at radius 3 is 2.95 bits per heavy atom. The number of benzene rings is 1. The minimum absolute atomic E-state index is 0.184. The molecule has 0 atom stereocenters. The molecule has 19 heavy (non-hydrogen) atoms. The minimum Gasteiger partial charge on any atom is -0.309 e. The molecule has 0 aliphatic heterocycles. The molecule has 0 saturated heterocycles. The van der Waals surface area contributed by atoms with Gasteiger partial charge >= 0.3 is 0 Å². The first-order valence-electron chi connectivity index (χ1n) is 5.41. The van der Waals surface area contributed by atoms with Crippen LogP contribution in [0.15, 0.2) is 28.9 Å². The van der Waals surface area contributed by atoms with E-state index in [1.165, 1.54) is 17.7 Å². The van der Waals surface area contributed by atoms with Crippen molar-refractivity contribution in [2.75, 3.05) is 5.32 Å². The summed E-state index contributed by atoms with van der Waals surface area (Å²) < 4.78 is 15.8. The third-order valence-electron chi connectivity index (χ3n) is 2.39. The van der Waals surface area contributed by atoms with Gasteiger partial charge in [0.1, 0.15) is 5.82 Å². The number of aromatic nitrogens is 2. The minimum atomic E-state index is -0.389. The van der Waals surface area contributed by atoms with E-state index in [2.05, 4.69) is 26.3 Å². The number of carbonyl (C=O) groups excluding carboxylic acids is 1. The quantitative estimate of drug-likeness (QED) is 0.925. The van der Waals surface area contributed by atoms with Crippen LogP contribution in [0.1, 0.15) is 12.5 Å². The van der Waals surface area contributed by atoms with Crippen LogP contribution >= 0.6 is 27.5 Å². The van der Waals surface area contributed by atoms with Crippen LogP contribution in [0.2, 0.25) is 5.02 Å². The lowest BCUT2D eigenvalue weighted by Crippen LogP contribution is -2.08. The lowest BCUT2D eigenvalue weighted by atomic mass is 10.2. The van der Waals surface area contributed by atoms with Gasteiger partial charge in [-0.25, -0.2) is 4.39 Å². The van der Waals surface area contributed by atoms with E-state index in [0.29, 0.717) is 20.9 Å². The molecule has 0 saturated carbocycles. The number of nitrogens with zero attached hydrogens (tertiary/aromatic N) is 2. The number of hydrogen-bond donors (Lipinski definition) is 1. The number of hydrogen-bond acceptors (Lipinski definition) is 2. The fourth-order valence-corrected chi connectivity index (χ4v) is 2.21. The van der Waals surface area contributed by atoms with Crippen LogP contribution < -0.4 is 5.32 Å². The van der Waals surface area contributed by atoms with Gasteiger partial charge in [0, 0.05) is 23.7 Å². The van der Waals surface area contributed by atoms with Crippen molar-refractivity contribution in [1.29, 1.82) is 0 Å². The Kier molecular flexibility index (Phi) is 4.21. The molecule has 1 heterocycles. The largest absolute Gasteiger partial charge is 0.309 e. The highest BCUT2D eigenvalue weighted by atomic mass is 79.9. The predicted molar refractivity (Wildman–Crippen MR) is 74.7 cm³/mol. The molecule has 2 rings (SSSR count). The van der Waals surface area contributed by atoms with Gasteiger partial charge < -0.3 is 5.32 Å². The van der Waals surface area contributed by atoms with Gasteiger partial charge in [-0.05, 0) is 28.1 Å². The summed E-state index contributed by atoms with van der Waals surface area (Å²) in [5, 5.41) is 7.04. The van der Waals surface area contributed by atoms with Crippen molar-refractivity contribution < 1.29 is 9.18 Å². The summed E-state index contributed by atoms with van der Waals surface area (Å²) in [5.41, 5.74) is 0.355. The van der Waals surface area contributed by atoms with E-state index < -0.39 is 0 Å². The summed E-state index contributed by atoms with van der Waals surface area (Å²) in [4.78, 5) is 11.0. The zero-order valence-corrected chi connectivity index (χ0v) is 12.3. The summed E-state index contributed by atoms with van der Waals surface area (Å²) in [6.45, 7) is 1.57. The van der Waals surface area contributed by atoms with Crippen LogP contribution in [-0.4, -0.2) is 15.7 Å². The van der Waals surface area contributed by atoms with Crippen molar-refractivity contribution in [3.05, 3.63) is 45.3 Å². The number of nitrogens with one attached hydrogen (secondary N) is 1. The highest BCUT2D eigenvalue weighted by Gasteiger charge is 2.11. The Labute approximate surface area is 122 Å². The van der Waals surface area contributed by atoms with E-state index >= 15 is 0 Å². The lowest BCUT2D eigenvalue weighted by molar-refractivity contribution is -0.114. The molecule has 1 N–H and O–H groups in total. The molecule has 1 amide bonds. The summed E-state index contributed by atoms with van der Waals surface area (Å²) >= 11 is 9.22. The van der Waals surface area contributed by atoms with E-state index in [1.807, 2.05) is 0 Å². The first-order valence-corrected chi connectivity index (χ1v) is 6.58. The third kappa shape index (κ3) is 3.33. The van der Waals surface area contributed by atoms with Crippen LogP contribution in [0.5, 0.6) is 0 Å². The molecule has 2 aromatic rings. The van der Waals surface area contributed by atoms with E-state index in [4.69, 9.17) is 11.6 Å². The van der Waals surface area contributed by atoms with Gasteiger partial charge in [-0.15, -0.1) is 0 Å². The number of carbonyl (C=O) groups is 1. The van der Waals surface area contributed by atoms with Crippen molar-refractivity contribution in [3.8, 4) is 0 Å². The highest BCUT2D eigenvalue weighted by molar-refractivity contribution is 9.10. The topological polar surface area (TPSA) is 46.9 Å². The van der Waals surface area contributed by atoms with E-state index in [9.17, 15) is 9.18 Å². The fourth-order valence-electron chi connectivity index (χ4n) is 1.57. The smallest absolute Gasteiger partial charge is 0.222 e. The molecular formula is C12H10BrClFN3O. The number of amides is 1. The molecule has 1 aromatic carbocycles. The van der Waals surface area contributed by atoms with Gasteiger partial charge in [-0.1, -0.05) is 17.7 Å². The Morgan fingerprint density at radius 2 is 2.32 bits per heavy atom. The Hall–Kier alpha value is -1.40. The molecule has 1 aromatic heterocycles. The maximum atomic E-state index is 13.6. The predicted octanol–water partition coefficient (Wildman–Crippen LogP) is 3.44. The molecule has 0 fully saturated rings. The summed E-state index contributed by atoms with van der Waals surface area (Å²) in [7, 11) is 0. The van der Waals surface area contributed by atoms with Gasteiger partial charge in [0.05, 0.1) is 11.0 Å². The van der Waals surface area contributed by atoms with Crippen LogP contribution in [-0.2, 0) is 11.3 Å². The highest BCUT2D eigenvalue weighted by Crippen LogP contribution is 2.23. The van der Waals surface area contributed by atoms with E-state index in [-0.39, 0.29) is 18.3 Å². The van der Waals surface area contributed by atoms with Crippen molar-refractivity contribution in [3.63, 3.8) is 0 Å². The first kappa shape index (κ1) is 14.0. The van der Waals surface area contributed by atoms with Crippen LogP contribution in [0, 0.1) is 5.82 Å². The molecule has 0 spiro atoms. The Morgan fingerprint density at radius 1 is 1.58 bits per heavy atom. The molecule has 0 aliphatic rings. The average Bonchev–Trinajstić information content (AvgIpc) is 2.64. The maximum Gasteiger partial charge on any atom is 0.222 e. The van der Waals surface area contributed by atoms with Crippen molar-refractivity contribution in [2.45, 2.75) is 13.5 Å². The second-order valence-corrected chi connectivity index (χ2v) is 5.17. The molecule has 0 radical (unpaired) electrons. The second-order valence-electron chi connectivity index (χ2n) is 3.90. The molecule has 0 bridgehead atoms. The maximum absolute atomic E-state index is 13.6. The van der Waals surface area contributed by atoms with Crippen molar-refractivity contribution in [2.24, 2.45) is 0 Å². The summed E-state index contributed by atoms with van der Waals surface area (Å²) in [6, 6.07) is 4.50. The zero-order chi connectivity index (χ0) is 14.0. The third-order valence-corrected chi connectivity index (χ3v) is 3.33. The molecule has 0 unspecified atom stereocenters. The van der Waals surface area contributed by atoms with Gasteiger partial charge in [0.2, 0.25) is 5.91 Å². The lowest BCUT2D eigenvalue weighted by Gasteiger charge is -2.05. The monoisotopic (exact) mass is 345 g/mol. The van der Waals surface area contributed by atoms with Gasteiger partial charge in [0.25, 0.3) is 0 Å². The molecule has 7 heteroatoms. The van der Waals surface area contributed by atoms with E-state index in [0.717, 1.165) is 0 Å². The Bertz CT molecular complexity index is 609. The number of halogens is 3. The fraction of sp³-hybridized carbons (Fsp3) is 0.167. The molecule has 0 aliphatic carbocycles. The summed E-state index contributed by atoms with van der Waals surface area (Å²) in [6.07, 6.45) is 1.65. The number of rotatable bonds is 3.